The van der Waals surface area contributed by atoms with Gasteiger partial charge in [-0.3, -0.25) is 9.59 Å². The number of nitrogens with zero attached hydrogens (tertiary/aromatic N) is 1. The fourth-order valence-electron chi connectivity index (χ4n) is 3.59. The van der Waals surface area contributed by atoms with E-state index in [-0.39, 0.29) is 18.4 Å². The number of ether oxygens (including phenoxy) is 2. The van der Waals surface area contributed by atoms with E-state index in [1.54, 1.807) is 12.0 Å². The van der Waals surface area contributed by atoms with Gasteiger partial charge < -0.3 is 19.7 Å². The number of amides is 2. The molecule has 2 rings (SSSR count). The van der Waals surface area contributed by atoms with Crippen LogP contribution in [0.5, 0.6) is 11.5 Å². The van der Waals surface area contributed by atoms with Gasteiger partial charge in [-0.15, -0.1) is 0 Å². The van der Waals surface area contributed by atoms with E-state index in [4.69, 9.17) is 9.47 Å². The Bertz CT molecular complexity index is 909. The minimum absolute atomic E-state index is 0.128. The lowest BCUT2D eigenvalue weighted by molar-refractivity contribution is -0.143. The van der Waals surface area contributed by atoms with Crippen LogP contribution >= 0.6 is 0 Å². The number of rotatable bonds is 11. The lowest BCUT2D eigenvalue weighted by atomic mass is 10.1. The lowest BCUT2D eigenvalue weighted by Crippen LogP contribution is -2.50. The Kier molecular flexibility index (Phi) is 9.57. The Balaban J connectivity index is 2.24. The van der Waals surface area contributed by atoms with Crippen molar-refractivity contribution in [3.63, 3.8) is 0 Å². The van der Waals surface area contributed by atoms with Crippen LogP contribution in [0.15, 0.2) is 36.4 Å². The van der Waals surface area contributed by atoms with E-state index in [0.29, 0.717) is 25.3 Å². The summed E-state index contributed by atoms with van der Waals surface area (Å²) in [7, 11) is 1.61. The molecule has 0 radical (unpaired) electrons. The predicted octanol–water partition coefficient (Wildman–Crippen LogP) is 4.33. The van der Waals surface area contributed by atoms with E-state index in [0.717, 1.165) is 34.4 Å². The van der Waals surface area contributed by atoms with Gasteiger partial charge in [0.05, 0.1) is 7.11 Å². The van der Waals surface area contributed by atoms with Gasteiger partial charge in [-0.05, 0) is 74.1 Å². The van der Waals surface area contributed by atoms with Gasteiger partial charge >= 0.3 is 0 Å². The molecular weight excluding hydrogens is 404 g/mol. The van der Waals surface area contributed by atoms with Crippen LogP contribution in [-0.2, 0) is 16.1 Å². The first kappa shape index (κ1) is 25.2. The maximum atomic E-state index is 13.3. The van der Waals surface area contributed by atoms with Crippen molar-refractivity contribution in [3.8, 4) is 11.5 Å². The lowest BCUT2D eigenvalue weighted by Gasteiger charge is -2.30. The van der Waals surface area contributed by atoms with E-state index in [2.05, 4.69) is 11.4 Å². The van der Waals surface area contributed by atoms with E-state index < -0.39 is 6.04 Å². The maximum absolute atomic E-state index is 13.3. The van der Waals surface area contributed by atoms with E-state index in [1.807, 2.05) is 65.0 Å². The fraction of sp³-hybridized carbons (Fsp3) is 0.462. The molecule has 0 spiro atoms. The molecule has 0 aliphatic heterocycles. The van der Waals surface area contributed by atoms with Gasteiger partial charge in [0.25, 0.3) is 5.91 Å². The van der Waals surface area contributed by atoms with E-state index in [9.17, 15) is 9.59 Å². The van der Waals surface area contributed by atoms with Crippen LogP contribution in [0.4, 0.5) is 0 Å². The van der Waals surface area contributed by atoms with Crippen LogP contribution in [0.3, 0.4) is 0 Å². The third-order valence-corrected chi connectivity index (χ3v) is 5.56. The first-order valence-electron chi connectivity index (χ1n) is 11.2. The van der Waals surface area contributed by atoms with Gasteiger partial charge in [0.15, 0.2) is 6.61 Å². The van der Waals surface area contributed by atoms with Crippen LogP contribution in [0.1, 0.15) is 48.9 Å². The molecule has 2 amide bonds. The molecule has 6 heteroatoms. The minimum Gasteiger partial charge on any atom is -0.497 e. The number of aryl methyl sites for hydroxylation is 2. The number of hydrogen-bond donors (Lipinski definition) is 1. The molecule has 0 unspecified atom stereocenters. The van der Waals surface area contributed by atoms with Crippen LogP contribution < -0.4 is 14.8 Å². The van der Waals surface area contributed by atoms with Crippen LogP contribution in [0.25, 0.3) is 0 Å². The maximum Gasteiger partial charge on any atom is 0.261 e. The Labute approximate surface area is 191 Å². The fourth-order valence-corrected chi connectivity index (χ4v) is 3.59. The molecule has 0 aliphatic carbocycles. The zero-order valence-corrected chi connectivity index (χ0v) is 20.2. The normalized spacial score (nSPS) is 11.6. The topological polar surface area (TPSA) is 67.9 Å². The molecule has 1 N–H and O–H groups in total. The highest BCUT2D eigenvalue weighted by Crippen LogP contribution is 2.24. The van der Waals surface area contributed by atoms with Crippen molar-refractivity contribution >= 4 is 11.8 Å². The van der Waals surface area contributed by atoms with Crippen molar-refractivity contribution < 1.29 is 19.1 Å². The molecule has 0 bridgehead atoms. The predicted molar refractivity (Wildman–Crippen MR) is 127 cm³/mol. The van der Waals surface area contributed by atoms with Gasteiger partial charge in [0, 0.05) is 13.1 Å². The molecule has 2 aromatic carbocycles. The second kappa shape index (κ2) is 12.1. The van der Waals surface area contributed by atoms with Crippen molar-refractivity contribution in [2.24, 2.45) is 0 Å². The van der Waals surface area contributed by atoms with Crippen LogP contribution in [0, 0.1) is 20.8 Å². The molecule has 6 nitrogen and oxygen atoms in total. The second-order valence-corrected chi connectivity index (χ2v) is 8.08. The van der Waals surface area contributed by atoms with Crippen molar-refractivity contribution in [1.82, 2.24) is 10.2 Å². The van der Waals surface area contributed by atoms with E-state index >= 15 is 0 Å². The first-order valence-corrected chi connectivity index (χ1v) is 11.2. The molecule has 0 saturated heterocycles. The quantitative estimate of drug-likeness (QED) is 0.565. The van der Waals surface area contributed by atoms with Crippen molar-refractivity contribution in [2.45, 2.75) is 60.0 Å². The summed E-state index contributed by atoms with van der Waals surface area (Å²) < 4.78 is 11.2. The largest absolute Gasteiger partial charge is 0.497 e. The average molecular weight is 441 g/mol. The summed E-state index contributed by atoms with van der Waals surface area (Å²) in [6.07, 6.45) is 1.35. The van der Waals surface area contributed by atoms with Gasteiger partial charge in [0.1, 0.15) is 17.5 Å². The number of carbonyl (C=O) groups is 2. The molecule has 0 heterocycles. The van der Waals surface area contributed by atoms with Crippen molar-refractivity contribution in [2.75, 3.05) is 20.3 Å². The number of benzene rings is 2. The van der Waals surface area contributed by atoms with Crippen LogP contribution in [-0.4, -0.2) is 43.0 Å². The summed E-state index contributed by atoms with van der Waals surface area (Å²) in [5.74, 6) is 1.08. The molecule has 174 valence electrons. The summed E-state index contributed by atoms with van der Waals surface area (Å²) in [6, 6.07) is 11.0. The smallest absolute Gasteiger partial charge is 0.261 e. The molecule has 0 saturated carbocycles. The summed E-state index contributed by atoms with van der Waals surface area (Å²) in [5, 5.41) is 2.93. The number of carbonyl (C=O) groups excluding carboxylic acids is 2. The molecule has 0 aliphatic rings. The molecule has 32 heavy (non-hydrogen) atoms. The standard InChI is InChI=1S/C26H36N2O4/c1-7-13-27-26(30)23(8-2)28(16-21-9-11-22(31-6)12-10-21)25(29)17-32-24-15-18(3)14-19(4)20(24)5/h9-12,14-15,23H,7-8,13,16-17H2,1-6H3,(H,27,30)/t23-/m1/s1. The zero-order chi connectivity index (χ0) is 23.7. The average Bonchev–Trinajstić information content (AvgIpc) is 2.79. The number of nitrogens with one attached hydrogen (secondary N) is 1. The number of hydrogen-bond acceptors (Lipinski definition) is 4. The molecule has 0 fully saturated rings. The summed E-state index contributed by atoms with van der Waals surface area (Å²) in [6.45, 7) is 10.7. The van der Waals surface area contributed by atoms with Crippen molar-refractivity contribution in [3.05, 3.63) is 58.7 Å². The third kappa shape index (κ3) is 6.74. The highest BCUT2D eigenvalue weighted by Gasteiger charge is 2.29. The van der Waals surface area contributed by atoms with Crippen molar-refractivity contribution in [1.29, 1.82) is 0 Å². The van der Waals surface area contributed by atoms with Gasteiger partial charge in [-0.2, -0.15) is 0 Å². The monoisotopic (exact) mass is 440 g/mol. The molecule has 2 aromatic rings. The van der Waals surface area contributed by atoms with Crippen LogP contribution in [0.2, 0.25) is 0 Å². The zero-order valence-electron chi connectivity index (χ0n) is 20.2. The third-order valence-electron chi connectivity index (χ3n) is 5.56. The second-order valence-electron chi connectivity index (χ2n) is 8.08. The number of methoxy groups -OCH3 is 1. The van der Waals surface area contributed by atoms with Gasteiger partial charge in [-0.1, -0.05) is 32.0 Å². The molecular formula is C26H36N2O4. The Morgan fingerprint density at radius 2 is 1.75 bits per heavy atom. The summed E-state index contributed by atoms with van der Waals surface area (Å²) >= 11 is 0. The summed E-state index contributed by atoms with van der Waals surface area (Å²) in [5.41, 5.74) is 4.13. The Morgan fingerprint density at radius 1 is 1.06 bits per heavy atom. The molecule has 0 aromatic heterocycles. The highest BCUT2D eigenvalue weighted by molar-refractivity contribution is 5.88. The SMILES string of the molecule is CCCNC(=O)[C@@H](CC)N(Cc1ccc(OC)cc1)C(=O)COc1cc(C)cc(C)c1C. The van der Waals surface area contributed by atoms with Gasteiger partial charge in [0.2, 0.25) is 5.91 Å². The van der Waals surface area contributed by atoms with E-state index in [1.165, 1.54) is 0 Å². The first-order chi connectivity index (χ1) is 15.3. The summed E-state index contributed by atoms with van der Waals surface area (Å²) in [4.78, 5) is 27.7. The van der Waals surface area contributed by atoms with Gasteiger partial charge in [-0.25, -0.2) is 0 Å². The Hall–Kier alpha value is -3.02. The minimum atomic E-state index is -0.569. The molecule has 1 atom stereocenters. The Morgan fingerprint density at radius 3 is 2.34 bits per heavy atom. The highest BCUT2D eigenvalue weighted by atomic mass is 16.5.